The Labute approximate surface area is 89.2 Å². The van der Waals surface area contributed by atoms with Crippen molar-refractivity contribution in [2.45, 2.75) is 25.7 Å². The highest BCUT2D eigenvalue weighted by molar-refractivity contribution is 5.91. The minimum atomic E-state index is -0.133. The predicted octanol–water partition coefficient (Wildman–Crippen LogP) is 2.51. The summed E-state index contributed by atoms with van der Waals surface area (Å²) in [5.41, 5.74) is 1.33. The molecule has 0 spiro atoms. The van der Waals surface area contributed by atoms with Crippen LogP contribution in [0.2, 0.25) is 0 Å². The first-order chi connectivity index (χ1) is 7.36. The minimum absolute atomic E-state index is 0.133. The first-order valence-corrected chi connectivity index (χ1v) is 5.36. The Kier molecular flexibility index (Phi) is 3.22. The zero-order chi connectivity index (χ0) is 10.5. The van der Waals surface area contributed by atoms with Gasteiger partial charge in [-0.05, 0) is 37.8 Å². The van der Waals surface area contributed by atoms with Crippen LogP contribution in [0.15, 0.2) is 34.5 Å². The molecule has 0 saturated carbocycles. The molecular weight excluding hydrogens is 190 g/mol. The molecule has 2 rings (SSSR count). The maximum absolute atomic E-state index is 11.5. The molecule has 0 unspecified atom stereocenters. The van der Waals surface area contributed by atoms with E-state index in [9.17, 15) is 4.79 Å². The summed E-state index contributed by atoms with van der Waals surface area (Å²) in [5, 5.41) is 2.85. The van der Waals surface area contributed by atoms with E-state index in [0.29, 0.717) is 12.3 Å². The molecule has 1 heterocycles. The minimum Gasteiger partial charge on any atom is -0.459 e. The van der Waals surface area contributed by atoms with Gasteiger partial charge in [-0.1, -0.05) is 11.6 Å². The lowest BCUT2D eigenvalue weighted by molar-refractivity contribution is 0.0929. The Morgan fingerprint density at radius 1 is 1.47 bits per heavy atom. The number of allylic oxidation sites excluding steroid dienone is 1. The van der Waals surface area contributed by atoms with E-state index in [1.165, 1.54) is 24.7 Å². The standard InChI is InChI=1S/C12H15NO2/c14-12(11-7-4-8-15-11)13-9-10-5-2-1-3-6-10/h4-5,7-8H,1-3,6,9H2,(H,13,14). The van der Waals surface area contributed by atoms with Crippen LogP contribution < -0.4 is 5.32 Å². The molecule has 80 valence electrons. The molecule has 0 aromatic carbocycles. The second kappa shape index (κ2) is 4.82. The third-order valence-corrected chi connectivity index (χ3v) is 2.61. The number of furan rings is 1. The van der Waals surface area contributed by atoms with Gasteiger partial charge in [-0.3, -0.25) is 4.79 Å². The zero-order valence-electron chi connectivity index (χ0n) is 8.66. The molecule has 0 saturated heterocycles. The van der Waals surface area contributed by atoms with Crippen molar-refractivity contribution in [3.8, 4) is 0 Å². The maximum atomic E-state index is 11.5. The van der Waals surface area contributed by atoms with E-state index in [1.807, 2.05) is 0 Å². The van der Waals surface area contributed by atoms with E-state index in [1.54, 1.807) is 12.1 Å². The third kappa shape index (κ3) is 2.72. The van der Waals surface area contributed by atoms with Crippen molar-refractivity contribution in [1.82, 2.24) is 5.32 Å². The number of hydrogen-bond acceptors (Lipinski definition) is 2. The van der Waals surface area contributed by atoms with Crippen LogP contribution in [0.1, 0.15) is 36.2 Å². The van der Waals surface area contributed by atoms with Crippen LogP contribution in [0.4, 0.5) is 0 Å². The molecular formula is C12H15NO2. The van der Waals surface area contributed by atoms with E-state index in [2.05, 4.69) is 11.4 Å². The van der Waals surface area contributed by atoms with Crippen molar-refractivity contribution in [2.75, 3.05) is 6.54 Å². The first-order valence-electron chi connectivity index (χ1n) is 5.36. The monoisotopic (exact) mass is 205 g/mol. The molecule has 3 nitrogen and oxygen atoms in total. The number of carbonyl (C=O) groups is 1. The molecule has 0 aliphatic heterocycles. The maximum Gasteiger partial charge on any atom is 0.287 e. The molecule has 0 bridgehead atoms. The van der Waals surface area contributed by atoms with Crippen molar-refractivity contribution in [2.24, 2.45) is 0 Å². The van der Waals surface area contributed by atoms with Crippen LogP contribution >= 0.6 is 0 Å². The highest BCUT2D eigenvalue weighted by Crippen LogP contribution is 2.16. The van der Waals surface area contributed by atoms with Gasteiger partial charge in [0.05, 0.1) is 6.26 Å². The van der Waals surface area contributed by atoms with Crippen LogP contribution in [0, 0.1) is 0 Å². The lowest BCUT2D eigenvalue weighted by atomic mass is 10.00. The van der Waals surface area contributed by atoms with Gasteiger partial charge in [0.1, 0.15) is 0 Å². The predicted molar refractivity (Wildman–Crippen MR) is 57.6 cm³/mol. The zero-order valence-corrected chi connectivity index (χ0v) is 8.66. The molecule has 3 heteroatoms. The highest BCUT2D eigenvalue weighted by Gasteiger charge is 2.09. The molecule has 0 fully saturated rings. The summed E-state index contributed by atoms with van der Waals surface area (Å²) in [4.78, 5) is 11.5. The lowest BCUT2D eigenvalue weighted by Crippen LogP contribution is -2.25. The molecule has 1 amide bonds. The SMILES string of the molecule is O=C(NCC1=CCCCC1)c1ccco1. The number of nitrogens with one attached hydrogen (secondary N) is 1. The van der Waals surface area contributed by atoms with E-state index in [4.69, 9.17) is 4.42 Å². The Hall–Kier alpha value is -1.51. The van der Waals surface area contributed by atoms with Gasteiger partial charge in [0.2, 0.25) is 0 Å². The average molecular weight is 205 g/mol. The van der Waals surface area contributed by atoms with Crippen molar-refractivity contribution in [1.29, 1.82) is 0 Å². The molecule has 1 N–H and O–H groups in total. The summed E-state index contributed by atoms with van der Waals surface area (Å²) in [5.74, 6) is 0.248. The normalized spacial score (nSPS) is 15.9. The number of rotatable bonds is 3. The van der Waals surface area contributed by atoms with Crippen LogP contribution in [-0.4, -0.2) is 12.5 Å². The summed E-state index contributed by atoms with van der Waals surface area (Å²) in [6, 6.07) is 3.39. The van der Waals surface area contributed by atoms with E-state index in [-0.39, 0.29) is 5.91 Å². The molecule has 1 aromatic rings. The Morgan fingerprint density at radius 2 is 2.40 bits per heavy atom. The molecule has 0 radical (unpaired) electrons. The Morgan fingerprint density at radius 3 is 3.07 bits per heavy atom. The lowest BCUT2D eigenvalue weighted by Gasteiger charge is -2.12. The van der Waals surface area contributed by atoms with Crippen LogP contribution in [0.3, 0.4) is 0 Å². The number of hydrogen-bond donors (Lipinski definition) is 1. The average Bonchev–Trinajstić information content (AvgIpc) is 2.81. The van der Waals surface area contributed by atoms with Crippen LogP contribution in [0.5, 0.6) is 0 Å². The van der Waals surface area contributed by atoms with Gasteiger partial charge < -0.3 is 9.73 Å². The van der Waals surface area contributed by atoms with Crippen LogP contribution in [-0.2, 0) is 0 Å². The molecule has 1 aliphatic rings. The van der Waals surface area contributed by atoms with Crippen molar-refractivity contribution < 1.29 is 9.21 Å². The quantitative estimate of drug-likeness (QED) is 0.770. The van der Waals surface area contributed by atoms with Gasteiger partial charge in [0.15, 0.2) is 5.76 Å². The van der Waals surface area contributed by atoms with Gasteiger partial charge in [-0.25, -0.2) is 0 Å². The van der Waals surface area contributed by atoms with E-state index < -0.39 is 0 Å². The van der Waals surface area contributed by atoms with Gasteiger partial charge in [-0.15, -0.1) is 0 Å². The van der Waals surface area contributed by atoms with Crippen molar-refractivity contribution in [3.63, 3.8) is 0 Å². The fourth-order valence-electron chi connectivity index (χ4n) is 1.75. The Bertz CT molecular complexity index is 352. The molecule has 0 atom stereocenters. The fraction of sp³-hybridized carbons (Fsp3) is 0.417. The summed E-state index contributed by atoms with van der Waals surface area (Å²) >= 11 is 0. The fourth-order valence-corrected chi connectivity index (χ4v) is 1.75. The smallest absolute Gasteiger partial charge is 0.287 e. The van der Waals surface area contributed by atoms with E-state index in [0.717, 1.165) is 12.8 Å². The number of amides is 1. The van der Waals surface area contributed by atoms with Gasteiger partial charge in [0.25, 0.3) is 5.91 Å². The third-order valence-electron chi connectivity index (χ3n) is 2.61. The summed E-state index contributed by atoms with van der Waals surface area (Å²) in [6.45, 7) is 0.652. The topological polar surface area (TPSA) is 42.2 Å². The number of carbonyl (C=O) groups excluding carboxylic acids is 1. The summed E-state index contributed by atoms with van der Waals surface area (Å²) in [6.07, 6.45) is 8.50. The molecule has 15 heavy (non-hydrogen) atoms. The van der Waals surface area contributed by atoms with Crippen LogP contribution in [0.25, 0.3) is 0 Å². The van der Waals surface area contributed by atoms with E-state index >= 15 is 0 Å². The Balaban J connectivity index is 1.83. The molecule has 1 aromatic heterocycles. The van der Waals surface area contributed by atoms with Crippen molar-refractivity contribution >= 4 is 5.91 Å². The second-order valence-corrected chi connectivity index (χ2v) is 3.77. The highest BCUT2D eigenvalue weighted by atomic mass is 16.3. The van der Waals surface area contributed by atoms with Crippen molar-refractivity contribution in [3.05, 3.63) is 35.8 Å². The largest absolute Gasteiger partial charge is 0.459 e. The second-order valence-electron chi connectivity index (χ2n) is 3.77. The van der Waals surface area contributed by atoms with Gasteiger partial charge in [-0.2, -0.15) is 0 Å². The van der Waals surface area contributed by atoms with Gasteiger partial charge >= 0.3 is 0 Å². The first kappa shape index (κ1) is 10.0. The molecule has 1 aliphatic carbocycles. The summed E-state index contributed by atoms with van der Waals surface area (Å²) < 4.78 is 5.00. The van der Waals surface area contributed by atoms with Gasteiger partial charge in [0, 0.05) is 6.54 Å². The summed E-state index contributed by atoms with van der Waals surface area (Å²) in [7, 11) is 0.